The number of hydrogen-bond donors (Lipinski definition) is 1. The molecule has 1 atom stereocenters. The van der Waals surface area contributed by atoms with Crippen LogP contribution in [-0.2, 0) is 11.3 Å². The molecule has 0 radical (unpaired) electrons. The zero-order valence-electron chi connectivity index (χ0n) is 12.0. The molecule has 3 rings (SSSR count). The quantitative estimate of drug-likeness (QED) is 0.913. The van der Waals surface area contributed by atoms with E-state index in [1.165, 1.54) is 5.56 Å². The van der Waals surface area contributed by atoms with Crippen LogP contribution in [0.4, 0.5) is 0 Å². The highest BCUT2D eigenvalue weighted by Crippen LogP contribution is 2.17. The van der Waals surface area contributed by atoms with Gasteiger partial charge in [-0.15, -0.1) is 0 Å². The molecule has 0 aliphatic carbocycles. The summed E-state index contributed by atoms with van der Waals surface area (Å²) >= 11 is 0. The molecule has 1 aromatic carbocycles. The molecule has 1 saturated heterocycles. The van der Waals surface area contributed by atoms with Crippen LogP contribution in [-0.4, -0.2) is 52.6 Å². The van der Waals surface area contributed by atoms with Gasteiger partial charge in [0.25, 0.3) is 0 Å². The van der Waals surface area contributed by atoms with Gasteiger partial charge in [0.1, 0.15) is 0 Å². The van der Waals surface area contributed by atoms with Gasteiger partial charge in [0.2, 0.25) is 11.7 Å². The molecule has 0 spiro atoms. The molecule has 112 valence electrons. The normalized spacial score (nSPS) is 19.8. The Morgan fingerprint density at radius 1 is 1.33 bits per heavy atom. The molecule has 6 nitrogen and oxygen atoms in total. The van der Waals surface area contributed by atoms with Gasteiger partial charge in [0.15, 0.2) is 0 Å². The van der Waals surface area contributed by atoms with Crippen molar-refractivity contribution in [1.29, 1.82) is 0 Å². The van der Waals surface area contributed by atoms with Crippen LogP contribution in [0, 0.1) is 6.92 Å². The number of benzene rings is 1. The summed E-state index contributed by atoms with van der Waals surface area (Å²) in [6.07, 6.45) is -0.127. The van der Waals surface area contributed by atoms with Gasteiger partial charge in [-0.25, -0.2) is 0 Å². The van der Waals surface area contributed by atoms with Crippen molar-refractivity contribution in [3.05, 3.63) is 35.7 Å². The van der Waals surface area contributed by atoms with Gasteiger partial charge < -0.3 is 14.4 Å². The molecule has 1 aliphatic heterocycles. The molecule has 1 aliphatic rings. The Labute approximate surface area is 123 Å². The van der Waals surface area contributed by atoms with E-state index in [-0.39, 0.29) is 12.7 Å². The van der Waals surface area contributed by atoms with Crippen molar-refractivity contribution in [3.8, 4) is 11.4 Å². The first-order valence-corrected chi connectivity index (χ1v) is 7.09. The van der Waals surface area contributed by atoms with Gasteiger partial charge in [0, 0.05) is 18.7 Å². The summed E-state index contributed by atoms with van der Waals surface area (Å²) < 4.78 is 10.7. The number of hydrogen-bond acceptors (Lipinski definition) is 6. The van der Waals surface area contributed by atoms with E-state index in [0.717, 1.165) is 12.1 Å². The predicted octanol–water partition coefficient (Wildman–Crippen LogP) is 1.24. The van der Waals surface area contributed by atoms with Crippen LogP contribution in [0.1, 0.15) is 11.5 Å². The Hall–Kier alpha value is -1.76. The SMILES string of the molecule is Cc1ccc(-c2noc(CN3CCOC(CO)C3)n2)cc1. The minimum absolute atomic E-state index is 0.0367. The molecular weight excluding hydrogens is 270 g/mol. The third-order valence-corrected chi connectivity index (χ3v) is 3.56. The second-order valence-electron chi connectivity index (χ2n) is 5.29. The fraction of sp³-hybridized carbons (Fsp3) is 0.467. The number of ether oxygens (including phenoxy) is 1. The standard InChI is InChI=1S/C15H19N3O3/c1-11-2-4-12(5-3-11)15-16-14(21-17-15)9-18-6-7-20-13(8-18)10-19/h2-5,13,19H,6-10H2,1H3. The average molecular weight is 289 g/mol. The highest BCUT2D eigenvalue weighted by molar-refractivity contribution is 5.54. The van der Waals surface area contributed by atoms with E-state index >= 15 is 0 Å². The number of aromatic nitrogens is 2. The van der Waals surface area contributed by atoms with E-state index in [1.807, 2.05) is 31.2 Å². The molecule has 6 heteroatoms. The van der Waals surface area contributed by atoms with Crippen LogP contribution < -0.4 is 0 Å². The van der Waals surface area contributed by atoms with Gasteiger partial charge in [-0.2, -0.15) is 4.98 Å². The Kier molecular flexibility index (Phi) is 4.28. The van der Waals surface area contributed by atoms with Crippen LogP contribution in [0.15, 0.2) is 28.8 Å². The zero-order valence-corrected chi connectivity index (χ0v) is 12.0. The van der Waals surface area contributed by atoms with E-state index in [1.54, 1.807) is 0 Å². The summed E-state index contributed by atoms with van der Waals surface area (Å²) in [5.41, 5.74) is 2.15. The molecule has 0 saturated carbocycles. The number of aryl methyl sites for hydroxylation is 1. The fourth-order valence-electron chi connectivity index (χ4n) is 2.36. The van der Waals surface area contributed by atoms with Crippen molar-refractivity contribution in [1.82, 2.24) is 15.0 Å². The molecule has 2 heterocycles. The maximum Gasteiger partial charge on any atom is 0.241 e. The first kappa shape index (κ1) is 14.2. The van der Waals surface area contributed by atoms with E-state index in [9.17, 15) is 0 Å². The van der Waals surface area contributed by atoms with E-state index in [2.05, 4.69) is 15.0 Å². The Balaban J connectivity index is 1.66. The predicted molar refractivity (Wildman–Crippen MR) is 76.6 cm³/mol. The molecule has 2 aromatic rings. The van der Waals surface area contributed by atoms with Crippen LogP contribution >= 0.6 is 0 Å². The van der Waals surface area contributed by atoms with E-state index in [0.29, 0.717) is 31.4 Å². The van der Waals surface area contributed by atoms with Crippen molar-refractivity contribution < 1.29 is 14.4 Å². The summed E-state index contributed by atoms with van der Waals surface area (Å²) in [4.78, 5) is 6.58. The lowest BCUT2D eigenvalue weighted by Gasteiger charge is -2.30. The lowest BCUT2D eigenvalue weighted by Crippen LogP contribution is -2.43. The topological polar surface area (TPSA) is 71.6 Å². The maximum absolute atomic E-state index is 9.15. The van der Waals surface area contributed by atoms with E-state index in [4.69, 9.17) is 14.4 Å². The van der Waals surface area contributed by atoms with Crippen molar-refractivity contribution in [2.75, 3.05) is 26.3 Å². The second-order valence-corrected chi connectivity index (χ2v) is 5.29. The average Bonchev–Trinajstić information content (AvgIpc) is 2.96. The molecule has 0 amide bonds. The third kappa shape index (κ3) is 3.47. The van der Waals surface area contributed by atoms with Crippen LogP contribution in [0.25, 0.3) is 11.4 Å². The van der Waals surface area contributed by atoms with Gasteiger partial charge >= 0.3 is 0 Å². The van der Waals surface area contributed by atoms with E-state index < -0.39 is 0 Å². The monoisotopic (exact) mass is 289 g/mol. The smallest absolute Gasteiger partial charge is 0.241 e. The molecule has 1 N–H and O–H groups in total. The summed E-state index contributed by atoms with van der Waals surface area (Å²) in [7, 11) is 0. The molecule has 1 fully saturated rings. The number of rotatable bonds is 4. The summed E-state index contributed by atoms with van der Waals surface area (Å²) in [6.45, 7) is 4.76. The third-order valence-electron chi connectivity index (χ3n) is 3.56. The molecule has 1 aromatic heterocycles. The van der Waals surface area contributed by atoms with Crippen molar-refractivity contribution >= 4 is 0 Å². The van der Waals surface area contributed by atoms with Crippen molar-refractivity contribution in [3.63, 3.8) is 0 Å². The Bertz CT molecular complexity index is 582. The number of morpholine rings is 1. The van der Waals surface area contributed by atoms with Crippen LogP contribution in [0.5, 0.6) is 0 Å². The molecule has 0 bridgehead atoms. The van der Waals surface area contributed by atoms with Crippen LogP contribution in [0.3, 0.4) is 0 Å². The Morgan fingerprint density at radius 3 is 2.90 bits per heavy atom. The lowest BCUT2D eigenvalue weighted by molar-refractivity contribution is -0.0571. The minimum Gasteiger partial charge on any atom is -0.394 e. The summed E-state index contributed by atoms with van der Waals surface area (Å²) in [6, 6.07) is 8.03. The van der Waals surface area contributed by atoms with Gasteiger partial charge in [0.05, 0.1) is 25.9 Å². The molecular formula is C15H19N3O3. The largest absolute Gasteiger partial charge is 0.394 e. The Morgan fingerprint density at radius 2 is 2.14 bits per heavy atom. The number of aliphatic hydroxyl groups is 1. The highest BCUT2D eigenvalue weighted by Gasteiger charge is 2.21. The zero-order chi connectivity index (χ0) is 14.7. The number of nitrogens with zero attached hydrogens (tertiary/aromatic N) is 3. The number of aliphatic hydroxyl groups excluding tert-OH is 1. The molecule has 21 heavy (non-hydrogen) atoms. The lowest BCUT2D eigenvalue weighted by atomic mass is 10.1. The van der Waals surface area contributed by atoms with Crippen molar-refractivity contribution in [2.45, 2.75) is 19.6 Å². The maximum atomic E-state index is 9.15. The highest BCUT2D eigenvalue weighted by atomic mass is 16.5. The van der Waals surface area contributed by atoms with Crippen molar-refractivity contribution in [2.24, 2.45) is 0 Å². The van der Waals surface area contributed by atoms with Gasteiger partial charge in [-0.1, -0.05) is 35.0 Å². The first-order valence-electron chi connectivity index (χ1n) is 7.09. The fourth-order valence-corrected chi connectivity index (χ4v) is 2.36. The first-order chi connectivity index (χ1) is 10.2. The van der Waals surface area contributed by atoms with Gasteiger partial charge in [-0.3, -0.25) is 4.90 Å². The second kappa shape index (κ2) is 6.34. The summed E-state index contributed by atoms with van der Waals surface area (Å²) in [5, 5.41) is 13.2. The molecule has 1 unspecified atom stereocenters. The minimum atomic E-state index is -0.127. The van der Waals surface area contributed by atoms with Crippen LogP contribution in [0.2, 0.25) is 0 Å². The van der Waals surface area contributed by atoms with Gasteiger partial charge in [-0.05, 0) is 6.92 Å². The summed E-state index contributed by atoms with van der Waals surface area (Å²) in [5.74, 6) is 1.20.